The first-order valence-electron chi connectivity index (χ1n) is 4.42. The number of hydrogen-bond donors (Lipinski definition) is 3. The molecular formula is C8H15N3O2. The molecule has 5 nitrogen and oxygen atoms in total. The van der Waals surface area contributed by atoms with Gasteiger partial charge in [-0.3, -0.25) is 9.59 Å². The zero-order chi connectivity index (χ0) is 9.84. The van der Waals surface area contributed by atoms with E-state index in [-0.39, 0.29) is 5.92 Å². The molecule has 5 heteroatoms. The van der Waals surface area contributed by atoms with Crippen molar-refractivity contribution in [3.05, 3.63) is 0 Å². The Morgan fingerprint density at radius 3 is 2.00 bits per heavy atom. The lowest BCUT2D eigenvalue weighted by Gasteiger charge is -2.26. The zero-order valence-electron chi connectivity index (χ0n) is 7.45. The predicted octanol–water partition coefficient (Wildman–Crippen LogP) is -1.43. The molecule has 0 aromatic rings. The van der Waals surface area contributed by atoms with E-state index in [1.807, 2.05) is 0 Å². The molecule has 0 radical (unpaired) electrons. The smallest absolute Gasteiger partial charge is 0.230 e. The number of carbonyl (C=O) groups excluding carboxylic acids is 2. The van der Waals surface area contributed by atoms with Crippen molar-refractivity contribution < 1.29 is 9.59 Å². The molecule has 0 aliphatic carbocycles. The molecular weight excluding hydrogens is 170 g/mol. The lowest BCUT2D eigenvalue weighted by molar-refractivity contribution is -0.134. The van der Waals surface area contributed by atoms with Crippen molar-refractivity contribution in [2.45, 2.75) is 12.8 Å². The third-order valence-electron chi connectivity index (χ3n) is 2.47. The third-order valence-corrected chi connectivity index (χ3v) is 2.47. The highest BCUT2D eigenvalue weighted by atomic mass is 16.2. The summed E-state index contributed by atoms with van der Waals surface area (Å²) < 4.78 is 0. The first-order valence-corrected chi connectivity index (χ1v) is 4.42. The molecule has 2 amide bonds. The second-order valence-electron chi connectivity index (χ2n) is 3.37. The van der Waals surface area contributed by atoms with Gasteiger partial charge in [0.1, 0.15) is 5.92 Å². The minimum atomic E-state index is -0.790. The molecule has 5 N–H and O–H groups in total. The summed E-state index contributed by atoms with van der Waals surface area (Å²) in [4.78, 5) is 21.9. The summed E-state index contributed by atoms with van der Waals surface area (Å²) in [7, 11) is 0. The molecule has 0 atom stereocenters. The van der Waals surface area contributed by atoms with Crippen LogP contribution in [-0.2, 0) is 9.59 Å². The monoisotopic (exact) mass is 185 g/mol. The molecule has 74 valence electrons. The molecule has 1 fully saturated rings. The fraction of sp³-hybridized carbons (Fsp3) is 0.750. The second kappa shape index (κ2) is 4.23. The summed E-state index contributed by atoms with van der Waals surface area (Å²) in [6.45, 7) is 1.64. The van der Waals surface area contributed by atoms with E-state index in [0.29, 0.717) is 0 Å². The molecule has 1 saturated heterocycles. The summed E-state index contributed by atoms with van der Waals surface area (Å²) in [5.74, 6) is -1.96. The van der Waals surface area contributed by atoms with Crippen molar-refractivity contribution >= 4 is 11.8 Å². The summed E-state index contributed by atoms with van der Waals surface area (Å²) in [5, 5.41) is 3.14. The number of rotatable bonds is 3. The summed E-state index contributed by atoms with van der Waals surface area (Å²) in [6, 6.07) is 0. The first-order chi connectivity index (χ1) is 6.13. The number of carbonyl (C=O) groups is 2. The highest BCUT2D eigenvalue weighted by Crippen LogP contribution is 2.21. The fourth-order valence-corrected chi connectivity index (χ4v) is 1.78. The minimum absolute atomic E-state index is 0.0243. The van der Waals surface area contributed by atoms with Crippen LogP contribution in [-0.4, -0.2) is 24.9 Å². The summed E-state index contributed by atoms with van der Waals surface area (Å²) in [6.07, 6.45) is 1.58. The van der Waals surface area contributed by atoms with Crippen LogP contribution in [0.3, 0.4) is 0 Å². The van der Waals surface area contributed by atoms with Crippen LogP contribution in [0.25, 0.3) is 0 Å². The molecule has 0 bridgehead atoms. The SMILES string of the molecule is NC(=O)C(C(N)=O)C1CCNCC1. The average Bonchev–Trinajstić information content (AvgIpc) is 2.04. The van der Waals surface area contributed by atoms with E-state index in [4.69, 9.17) is 11.5 Å². The number of primary amides is 2. The molecule has 13 heavy (non-hydrogen) atoms. The van der Waals surface area contributed by atoms with Gasteiger partial charge in [0.05, 0.1) is 0 Å². The van der Waals surface area contributed by atoms with Gasteiger partial charge in [0.25, 0.3) is 0 Å². The van der Waals surface area contributed by atoms with Crippen LogP contribution >= 0.6 is 0 Å². The van der Waals surface area contributed by atoms with Gasteiger partial charge in [-0.05, 0) is 31.8 Å². The summed E-state index contributed by atoms with van der Waals surface area (Å²) in [5.41, 5.74) is 10.2. The first kappa shape index (κ1) is 9.98. The van der Waals surface area contributed by atoms with Gasteiger partial charge in [-0.2, -0.15) is 0 Å². The van der Waals surface area contributed by atoms with Crippen LogP contribution in [0.5, 0.6) is 0 Å². The Labute approximate surface area is 76.8 Å². The average molecular weight is 185 g/mol. The van der Waals surface area contributed by atoms with E-state index in [1.54, 1.807) is 0 Å². The Balaban J connectivity index is 2.62. The second-order valence-corrected chi connectivity index (χ2v) is 3.37. The van der Waals surface area contributed by atoms with Crippen molar-refractivity contribution in [1.29, 1.82) is 0 Å². The zero-order valence-corrected chi connectivity index (χ0v) is 7.45. The third kappa shape index (κ3) is 2.42. The lowest BCUT2D eigenvalue weighted by atomic mass is 9.84. The van der Waals surface area contributed by atoms with Gasteiger partial charge in [-0.1, -0.05) is 0 Å². The number of nitrogens with two attached hydrogens (primary N) is 2. The van der Waals surface area contributed by atoms with E-state index < -0.39 is 17.7 Å². The van der Waals surface area contributed by atoms with Crippen LogP contribution in [0.2, 0.25) is 0 Å². The molecule has 1 aliphatic rings. The maximum Gasteiger partial charge on any atom is 0.230 e. The van der Waals surface area contributed by atoms with Crippen LogP contribution in [0.15, 0.2) is 0 Å². The number of nitrogens with one attached hydrogen (secondary N) is 1. The van der Waals surface area contributed by atoms with Crippen molar-refractivity contribution in [1.82, 2.24) is 5.32 Å². The van der Waals surface area contributed by atoms with Crippen molar-refractivity contribution in [2.75, 3.05) is 13.1 Å². The fourth-order valence-electron chi connectivity index (χ4n) is 1.78. The molecule has 0 aromatic carbocycles. The Hall–Kier alpha value is -1.10. The van der Waals surface area contributed by atoms with Gasteiger partial charge in [0.15, 0.2) is 0 Å². The van der Waals surface area contributed by atoms with E-state index in [0.717, 1.165) is 25.9 Å². The van der Waals surface area contributed by atoms with E-state index >= 15 is 0 Å². The van der Waals surface area contributed by atoms with Gasteiger partial charge in [0.2, 0.25) is 11.8 Å². The Bertz CT molecular complexity index is 197. The van der Waals surface area contributed by atoms with E-state index in [1.165, 1.54) is 0 Å². The maximum atomic E-state index is 10.9. The van der Waals surface area contributed by atoms with Gasteiger partial charge < -0.3 is 16.8 Å². The van der Waals surface area contributed by atoms with Crippen LogP contribution in [0.1, 0.15) is 12.8 Å². The number of amides is 2. The Morgan fingerprint density at radius 2 is 1.62 bits per heavy atom. The Morgan fingerprint density at radius 1 is 1.15 bits per heavy atom. The van der Waals surface area contributed by atoms with Gasteiger partial charge in [-0.15, -0.1) is 0 Å². The minimum Gasteiger partial charge on any atom is -0.369 e. The molecule has 1 aliphatic heterocycles. The number of piperidine rings is 1. The van der Waals surface area contributed by atoms with Gasteiger partial charge in [-0.25, -0.2) is 0 Å². The summed E-state index contributed by atoms with van der Waals surface area (Å²) >= 11 is 0. The van der Waals surface area contributed by atoms with Crippen LogP contribution in [0.4, 0.5) is 0 Å². The standard InChI is InChI=1S/C8H15N3O2/c9-7(12)6(8(10)13)5-1-3-11-4-2-5/h5-6,11H,1-4H2,(H2,9,12)(H2,10,13). The normalized spacial score (nSPS) is 18.8. The molecule has 1 rings (SSSR count). The molecule has 0 saturated carbocycles. The van der Waals surface area contributed by atoms with Crippen LogP contribution < -0.4 is 16.8 Å². The van der Waals surface area contributed by atoms with Crippen molar-refractivity contribution in [2.24, 2.45) is 23.3 Å². The van der Waals surface area contributed by atoms with E-state index in [9.17, 15) is 9.59 Å². The maximum absolute atomic E-state index is 10.9. The molecule has 0 spiro atoms. The topological polar surface area (TPSA) is 98.2 Å². The molecule has 0 unspecified atom stereocenters. The highest BCUT2D eigenvalue weighted by Gasteiger charge is 2.32. The molecule has 1 heterocycles. The highest BCUT2D eigenvalue weighted by molar-refractivity contribution is 5.99. The number of hydrogen-bond acceptors (Lipinski definition) is 3. The largest absolute Gasteiger partial charge is 0.369 e. The Kier molecular flexibility index (Phi) is 3.25. The van der Waals surface area contributed by atoms with Crippen molar-refractivity contribution in [3.63, 3.8) is 0 Å². The quantitative estimate of drug-likeness (QED) is 0.470. The van der Waals surface area contributed by atoms with Crippen LogP contribution in [0, 0.1) is 11.8 Å². The van der Waals surface area contributed by atoms with E-state index in [2.05, 4.69) is 5.32 Å². The van der Waals surface area contributed by atoms with Gasteiger partial charge >= 0.3 is 0 Å². The lowest BCUT2D eigenvalue weighted by Crippen LogP contribution is -2.44. The van der Waals surface area contributed by atoms with Gasteiger partial charge in [0, 0.05) is 0 Å². The predicted molar refractivity (Wildman–Crippen MR) is 47.5 cm³/mol. The van der Waals surface area contributed by atoms with Crippen molar-refractivity contribution in [3.8, 4) is 0 Å². The molecule has 0 aromatic heterocycles.